The van der Waals surface area contributed by atoms with Gasteiger partial charge in [-0.1, -0.05) is 233 Å². The van der Waals surface area contributed by atoms with Crippen LogP contribution in [0.1, 0.15) is 245 Å². The molecule has 0 aromatic heterocycles. The summed E-state index contributed by atoms with van der Waals surface area (Å²) in [5, 5.41) is 53.4. The Morgan fingerprint density at radius 1 is 0.234 bits per heavy atom. The van der Waals surface area contributed by atoms with Crippen molar-refractivity contribution >= 4 is 141 Å². The molecule has 0 bridgehead atoms. The first-order valence-electron chi connectivity index (χ1n) is 37.9. The zero-order valence-corrected chi connectivity index (χ0v) is 59.6. The fraction of sp³-hybridized carbons (Fsp3) is 0.511. The fourth-order valence-electron chi connectivity index (χ4n) is 18.1. The molecule has 4 nitrogen and oxygen atoms in total. The quantitative estimate of drug-likeness (QED) is 0.0303. The average molecular weight is 1260 g/mol. The van der Waals surface area contributed by atoms with Gasteiger partial charge in [0.15, 0.2) is 0 Å². The van der Waals surface area contributed by atoms with Crippen molar-refractivity contribution in [2.45, 2.75) is 250 Å². The summed E-state index contributed by atoms with van der Waals surface area (Å²) >= 11 is 0. The van der Waals surface area contributed by atoms with Gasteiger partial charge in [-0.25, -0.2) is 0 Å². The minimum Gasteiger partial charge on any atom is -0.481 e. The monoisotopic (exact) mass is 1250 g/mol. The van der Waals surface area contributed by atoms with Crippen LogP contribution in [0.5, 0.6) is 0 Å². The Balaban J connectivity index is 1.18. The van der Waals surface area contributed by atoms with Gasteiger partial charge >= 0.3 is 11.9 Å². The summed E-state index contributed by atoms with van der Waals surface area (Å²) in [5.41, 5.74) is 8.14. The van der Waals surface area contributed by atoms with Crippen molar-refractivity contribution in [3.8, 4) is 0 Å². The maximum atomic E-state index is 12.4. The molecule has 0 saturated carbocycles. The van der Waals surface area contributed by atoms with Crippen LogP contribution in [0, 0.1) is 47.3 Å². The van der Waals surface area contributed by atoms with E-state index in [9.17, 15) is 19.8 Å². The first-order chi connectivity index (χ1) is 45.2. The third-order valence-corrected chi connectivity index (χ3v) is 23.3. The maximum Gasteiger partial charge on any atom is 0.303 e. The lowest BCUT2D eigenvalue weighted by molar-refractivity contribution is -0.138. The fourth-order valence-corrected chi connectivity index (χ4v) is 18.1. The predicted molar refractivity (Wildman–Crippen MR) is 409 cm³/mol. The number of hydrogen-bond donors (Lipinski definition) is 2. The molecule has 0 heterocycles. The summed E-state index contributed by atoms with van der Waals surface area (Å²) in [6.45, 7) is 28.8. The van der Waals surface area contributed by atoms with Gasteiger partial charge in [0.25, 0.3) is 0 Å². The lowest BCUT2D eigenvalue weighted by Crippen LogP contribution is -2.04. The van der Waals surface area contributed by atoms with Crippen molar-refractivity contribution in [3.63, 3.8) is 0 Å². The van der Waals surface area contributed by atoms with Crippen LogP contribution in [0.25, 0.3) is 129 Å². The number of hydrogen-bond acceptors (Lipinski definition) is 2. The predicted octanol–water partition coefficient (Wildman–Crippen LogP) is 26.5. The number of benzene rings is 13. The molecule has 4 unspecified atom stereocenters. The molecule has 0 aliphatic carbocycles. The Labute approximate surface area is 561 Å². The van der Waals surface area contributed by atoms with Crippen LogP contribution in [-0.4, -0.2) is 22.2 Å². The highest BCUT2D eigenvalue weighted by Crippen LogP contribution is 2.61. The number of carboxylic acids is 2. The molecule has 0 saturated heterocycles. The van der Waals surface area contributed by atoms with E-state index in [1.54, 1.807) is 0 Å². The van der Waals surface area contributed by atoms with Crippen molar-refractivity contribution in [1.29, 1.82) is 0 Å². The van der Waals surface area contributed by atoms with Crippen molar-refractivity contribution in [3.05, 3.63) is 106 Å². The molecule has 0 aliphatic heterocycles. The Morgan fingerprint density at radius 3 is 0.564 bits per heavy atom. The van der Waals surface area contributed by atoms with Crippen LogP contribution in [0.4, 0.5) is 0 Å². The summed E-state index contributed by atoms with van der Waals surface area (Å²) in [4.78, 5) is 24.7. The van der Waals surface area contributed by atoms with Crippen molar-refractivity contribution in [2.24, 2.45) is 47.3 Å². The van der Waals surface area contributed by atoms with E-state index < -0.39 is 11.9 Å². The highest BCUT2D eigenvalue weighted by molar-refractivity contribution is 6.61. The zero-order chi connectivity index (χ0) is 66.0. The molecule has 13 rings (SSSR count). The molecular weight excluding hydrogens is 1140 g/mol. The summed E-state index contributed by atoms with van der Waals surface area (Å²) in [5.74, 6) is 3.87. The summed E-state index contributed by atoms with van der Waals surface area (Å²) in [7, 11) is 0. The van der Waals surface area contributed by atoms with E-state index in [0.717, 1.165) is 51.4 Å². The number of aliphatic carboxylic acids is 2. The number of rotatable bonds is 36. The van der Waals surface area contributed by atoms with Crippen LogP contribution in [0.2, 0.25) is 0 Å². The van der Waals surface area contributed by atoms with E-state index in [0.29, 0.717) is 73.0 Å². The van der Waals surface area contributed by atoms with Crippen molar-refractivity contribution < 1.29 is 19.8 Å². The summed E-state index contributed by atoms with van der Waals surface area (Å²) in [6, 6.07) is 31.3. The van der Waals surface area contributed by atoms with Gasteiger partial charge in [0.05, 0.1) is 0 Å². The second-order valence-electron chi connectivity index (χ2n) is 33.0. The third-order valence-electron chi connectivity index (χ3n) is 23.3. The molecule has 0 spiro atoms. The Kier molecular flexibility index (Phi) is 19.4. The van der Waals surface area contributed by atoms with Crippen molar-refractivity contribution in [2.75, 3.05) is 0 Å². The Bertz CT molecular complexity index is 4210. The molecule has 13 aromatic rings. The summed E-state index contributed by atoms with van der Waals surface area (Å²) in [6.07, 6.45) is 26.8. The zero-order valence-electron chi connectivity index (χ0n) is 59.6. The smallest absolute Gasteiger partial charge is 0.303 e. The second kappa shape index (κ2) is 27.5. The molecule has 494 valence electrons. The van der Waals surface area contributed by atoms with Crippen LogP contribution in [0.3, 0.4) is 0 Å². The standard InChI is InChI=1S/C90H110O4/c1-51(2)19-13-23-55(9)31-35-61-43-69-65-39-59(27-17-29-77(91)92)40-66-71-45-63(37-33-57(11)25-15-21-53(5)6)49-75-76-50-64(38-34-58(12)26-16-22-54(7)8)46-72-68-42-60(28-18-30-78(93)94)41-67-70-44-62(36-32-56(10)24-14-20-52(3)4)48-74-73(47-61)81(69)87-85(79(65)66)89(83(71)75)90(84(72)76)86(80(67)68)88(87)82(70)74/h39-58H,13-38H2,1-12H3,(H,91,92)(H,93,94). The Hall–Kier alpha value is -6.52. The molecule has 2 N–H and O–H groups in total. The van der Waals surface area contributed by atoms with Crippen LogP contribution < -0.4 is 0 Å². The van der Waals surface area contributed by atoms with Crippen LogP contribution >= 0.6 is 0 Å². The third kappa shape index (κ3) is 12.9. The van der Waals surface area contributed by atoms with E-state index >= 15 is 0 Å². The molecule has 94 heavy (non-hydrogen) atoms. The van der Waals surface area contributed by atoms with E-state index in [-0.39, 0.29) is 12.8 Å². The van der Waals surface area contributed by atoms with Gasteiger partial charge < -0.3 is 10.2 Å². The first kappa shape index (κ1) is 66.1. The lowest BCUT2D eigenvalue weighted by atomic mass is 9.72. The van der Waals surface area contributed by atoms with Crippen molar-refractivity contribution in [1.82, 2.24) is 0 Å². The van der Waals surface area contributed by atoms with Gasteiger partial charge in [-0.05, 0) is 287 Å². The van der Waals surface area contributed by atoms with Gasteiger partial charge in [0, 0.05) is 12.8 Å². The first-order valence-corrected chi connectivity index (χ1v) is 37.9. The van der Waals surface area contributed by atoms with E-state index in [2.05, 4.69) is 156 Å². The maximum absolute atomic E-state index is 12.4. The van der Waals surface area contributed by atoms with E-state index in [4.69, 9.17) is 0 Å². The number of fused-ring (bicyclic) bond motifs is 6. The van der Waals surface area contributed by atoms with E-state index in [1.165, 1.54) is 240 Å². The largest absolute Gasteiger partial charge is 0.481 e. The molecule has 0 fully saturated rings. The molecular formula is C90H110O4. The highest BCUT2D eigenvalue weighted by Gasteiger charge is 2.33. The van der Waals surface area contributed by atoms with Crippen LogP contribution in [-0.2, 0) is 48.1 Å². The van der Waals surface area contributed by atoms with Gasteiger partial charge in [0.2, 0.25) is 0 Å². The normalized spacial score (nSPS) is 14.4. The minimum atomic E-state index is -0.730. The molecule has 0 amide bonds. The lowest BCUT2D eigenvalue weighted by Gasteiger charge is -2.30. The molecule has 4 atom stereocenters. The molecule has 13 aromatic carbocycles. The Morgan fingerprint density at radius 2 is 0.404 bits per heavy atom. The molecule has 0 radical (unpaired) electrons. The highest BCUT2D eigenvalue weighted by atomic mass is 16.4. The number of carboxylic acid groups (broad SMARTS) is 2. The topological polar surface area (TPSA) is 74.6 Å². The summed E-state index contributed by atoms with van der Waals surface area (Å²) < 4.78 is 0. The molecule has 4 heteroatoms. The van der Waals surface area contributed by atoms with Gasteiger partial charge in [-0.3, -0.25) is 9.59 Å². The number of aryl methyl sites for hydroxylation is 6. The average Bonchev–Trinajstić information content (AvgIpc) is 0.644. The van der Waals surface area contributed by atoms with Gasteiger partial charge in [-0.2, -0.15) is 0 Å². The van der Waals surface area contributed by atoms with Gasteiger partial charge in [-0.15, -0.1) is 0 Å². The van der Waals surface area contributed by atoms with Gasteiger partial charge in [0.1, 0.15) is 0 Å². The van der Waals surface area contributed by atoms with Crippen LogP contribution in [0.15, 0.2) is 72.8 Å². The minimum absolute atomic E-state index is 0.152. The SMILES string of the molecule is CC(C)CCCC(C)CCc1cc2c3cc(CCCC(=O)O)cc4c5cc(CCC(C)CCCC(C)C)cc6c7cc(CCC(C)CCCC(C)C)cc8c9cc(CCCC(=O)O)cc%10c%11cc(CCC(C)CCCC(C)C)cc%12c(c1)c2c1c(c34)c(c56)c(c87)c(c%109)c1c%11%12. The number of carbonyl (C=O) groups is 2. The molecule has 0 aliphatic rings. The van der Waals surface area contributed by atoms with E-state index in [1.807, 2.05) is 0 Å². The second-order valence-corrected chi connectivity index (χ2v) is 33.0.